The van der Waals surface area contributed by atoms with Gasteiger partial charge in [0.25, 0.3) is 5.92 Å². The zero-order valence-electron chi connectivity index (χ0n) is 10.4. The number of nitrogens with zero attached hydrogens (tertiary/aromatic N) is 2. The van der Waals surface area contributed by atoms with Crippen LogP contribution in [0.4, 0.5) is 8.78 Å². The predicted octanol–water partition coefficient (Wildman–Crippen LogP) is 2.80. The van der Waals surface area contributed by atoms with Crippen LogP contribution < -0.4 is 0 Å². The third kappa shape index (κ3) is 2.23. The minimum atomic E-state index is -3.11. The second-order valence-corrected chi connectivity index (χ2v) is 4.99. The van der Waals surface area contributed by atoms with E-state index in [9.17, 15) is 13.6 Å². The number of carbonyl (C=O) groups is 1. The molecule has 4 nitrogen and oxygen atoms in total. The van der Waals surface area contributed by atoms with E-state index in [1.54, 1.807) is 0 Å². The standard InChI is InChI=1S/C12H16F2N2O2/c1-7-9(11(17)18)16(6-8-4-3-5-8)15-10(7)12(2,13)14/h8H,3-6H2,1-2H3,(H,17,18). The van der Waals surface area contributed by atoms with Crippen molar-refractivity contribution in [3.05, 3.63) is 17.0 Å². The molecule has 1 aromatic rings. The summed E-state index contributed by atoms with van der Waals surface area (Å²) in [5.74, 6) is -3.95. The van der Waals surface area contributed by atoms with E-state index in [1.165, 1.54) is 11.6 Å². The number of hydrogen-bond donors (Lipinski definition) is 1. The van der Waals surface area contributed by atoms with E-state index in [0.717, 1.165) is 26.2 Å². The lowest BCUT2D eigenvalue weighted by Crippen LogP contribution is -2.22. The Morgan fingerprint density at radius 3 is 2.56 bits per heavy atom. The van der Waals surface area contributed by atoms with Crippen molar-refractivity contribution >= 4 is 5.97 Å². The maximum Gasteiger partial charge on any atom is 0.354 e. The van der Waals surface area contributed by atoms with Crippen molar-refractivity contribution in [2.45, 2.75) is 45.6 Å². The largest absolute Gasteiger partial charge is 0.477 e. The van der Waals surface area contributed by atoms with Crippen LogP contribution in [0.2, 0.25) is 0 Å². The highest BCUT2D eigenvalue weighted by Gasteiger charge is 2.35. The van der Waals surface area contributed by atoms with Crippen LogP contribution in [0.25, 0.3) is 0 Å². The molecule has 0 amide bonds. The summed E-state index contributed by atoms with van der Waals surface area (Å²) in [7, 11) is 0. The van der Waals surface area contributed by atoms with E-state index in [-0.39, 0.29) is 11.3 Å². The van der Waals surface area contributed by atoms with Crippen molar-refractivity contribution < 1.29 is 18.7 Å². The van der Waals surface area contributed by atoms with Crippen LogP contribution in [0.1, 0.15) is 47.9 Å². The highest BCUT2D eigenvalue weighted by molar-refractivity contribution is 5.87. The molecule has 1 N–H and O–H groups in total. The number of carboxylic acids is 1. The number of carboxylic acid groups (broad SMARTS) is 1. The first-order valence-corrected chi connectivity index (χ1v) is 5.99. The van der Waals surface area contributed by atoms with Gasteiger partial charge in [-0.1, -0.05) is 6.42 Å². The summed E-state index contributed by atoms with van der Waals surface area (Å²) in [6, 6.07) is 0. The van der Waals surface area contributed by atoms with Crippen LogP contribution in [0.3, 0.4) is 0 Å². The summed E-state index contributed by atoms with van der Waals surface area (Å²) < 4.78 is 27.9. The van der Waals surface area contributed by atoms with Gasteiger partial charge in [0.2, 0.25) is 0 Å². The van der Waals surface area contributed by atoms with Crippen molar-refractivity contribution in [1.82, 2.24) is 9.78 Å². The summed E-state index contributed by atoms with van der Waals surface area (Å²) in [4.78, 5) is 11.2. The summed E-state index contributed by atoms with van der Waals surface area (Å²) in [6.07, 6.45) is 3.13. The van der Waals surface area contributed by atoms with Gasteiger partial charge in [-0.2, -0.15) is 13.9 Å². The molecule has 18 heavy (non-hydrogen) atoms. The van der Waals surface area contributed by atoms with Gasteiger partial charge < -0.3 is 5.11 Å². The van der Waals surface area contributed by atoms with Crippen LogP contribution in [0, 0.1) is 12.8 Å². The third-order valence-corrected chi connectivity index (χ3v) is 3.46. The molecule has 100 valence electrons. The molecular formula is C12H16F2N2O2. The van der Waals surface area contributed by atoms with E-state index in [0.29, 0.717) is 12.5 Å². The number of aromatic nitrogens is 2. The first-order valence-electron chi connectivity index (χ1n) is 5.99. The summed E-state index contributed by atoms with van der Waals surface area (Å²) in [5, 5.41) is 12.9. The molecule has 1 saturated carbocycles. The van der Waals surface area contributed by atoms with Gasteiger partial charge in [-0.15, -0.1) is 0 Å². The van der Waals surface area contributed by atoms with Crippen LogP contribution in [-0.2, 0) is 12.5 Å². The van der Waals surface area contributed by atoms with Crippen LogP contribution in [0.15, 0.2) is 0 Å². The molecule has 6 heteroatoms. The zero-order valence-corrected chi connectivity index (χ0v) is 10.4. The van der Waals surface area contributed by atoms with E-state index < -0.39 is 17.6 Å². The van der Waals surface area contributed by atoms with E-state index in [2.05, 4.69) is 5.10 Å². The first kappa shape index (κ1) is 13.0. The zero-order chi connectivity index (χ0) is 13.5. The molecule has 1 aliphatic carbocycles. The molecule has 0 radical (unpaired) electrons. The maximum atomic E-state index is 13.3. The Hall–Kier alpha value is -1.46. The lowest BCUT2D eigenvalue weighted by atomic mass is 9.85. The SMILES string of the molecule is Cc1c(C(C)(F)F)nn(CC2CCC2)c1C(=O)O. The molecule has 1 aromatic heterocycles. The fourth-order valence-electron chi connectivity index (χ4n) is 2.29. The average molecular weight is 258 g/mol. The number of halogens is 2. The van der Waals surface area contributed by atoms with Crippen LogP contribution >= 0.6 is 0 Å². The minimum Gasteiger partial charge on any atom is -0.477 e. The van der Waals surface area contributed by atoms with E-state index in [1.807, 2.05) is 0 Å². The highest BCUT2D eigenvalue weighted by atomic mass is 19.3. The van der Waals surface area contributed by atoms with Gasteiger partial charge in [0.1, 0.15) is 11.4 Å². The van der Waals surface area contributed by atoms with E-state index in [4.69, 9.17) is 5.11 Å². The molecule has 0 aliphatic heterocycles. The second kappa shape index (κ2) is 4.33. The Labute approximate surface area is 104 Å². The Bertz CT molecular complexity index is 473. The molecule has 2 rings (SSSR count). The number of hydrogen-bond acceptors (Lipinski definition) is 2. The number of aromatic carboxylic acids is 1. The molecule has 0 aromatic carbocycles. The molecule has 1 heterocycles. The fraction of sp³-hybridized carbons (Fsp3) is 0.667. The molecule has 0 unspecified atom stereocenters. The summed E-state index contributed by atoms with van der Waals surface area (Å²) in [6.45, 7) is 2.54. The van der Waals surface area contributed by atoms with Gasteiger partial charge in [-0.05, 0) is 25.7 Å². The van der Waals surface area contributed by atoms with Gasteiger partial charge in [-0.3, -0.25) is 4.68 Å². The molecule has 1 fully saturated rings. The van der Waals surface area contributed by atoms with Crippen molar-refractivity contribution in [2.24, 2.45) is 5.92 Å². The minimum absolute atomic E-state index is 0.0642. The smallest absolute Gasteiger partial charge is 0.354 e. The number of rotatable bonds is 4. The average Bonchev–Trinajstić information content (AvgIpc) is 2.48. The third-order valence-electron chi connectivity index (χ3n) is 3.46. The molecule has 0 saturated heterocycles. The molecule has 1 aliphatic rings. The summed E-state index contributed by atoms with van der Waals surface area (Å²) >= 11 is 0. The van der Waals surface area contributed by atoms with Crippen molar-refractivity contribution in [3.63, 3.8) is 0 Å². The highest BCUT2D eigenvalue weighted by Crippen LogP contribution is 2.33. The Kier molecular flexibility index (Phi) is 3.12. The predicted molar refractivity (Wildman–Crippen MR) is 60.8 cm³/mol. The Morgan fingerprint density at radius 2 is 2.17 bits per heavy atom. The van der Waals surface area contributed by atoms with Crippen molar-refractivity contribution in [2.75, 3.05) is 0 Å². The van der Waals surface area contributed by atoms with E-state index >= 15 is 0 Å². The fourth-order valence-corrected chi connectivity index (χ4v) is 2.29. The van der Waals surface area contributed by atoms with Gasteiger partial charge >= 0.3 is 5.97 Å². The Balaban J connectivity index is 2.40. The Morgan fingerprint density at radius 1 is 1.56 bits per heavy atom. The normalized spacial score (nSPS) is 16.7. The topological polar surface area (TPSA) is 55.1 Å². The van der Waals surface area contributed by atoms with Crippen molar-refractivity contribution in [1.29, 1.82) is 0 Å². The number of alkyl halides is 2. The second-order valence-electron chi connectivity index (χ2n) is 4.99. The first-order chi connectivity index (χ1) is 8.30. The lowest BCUT2D eigenvalue weighted by Gasteiger charge is -2.25. The molecular weight excluding hydrogens is 242 g/mol. The maximum absolute atomic E-state index is 13.3. The van der Waals surface area contributed by atoms with Crippen LogP contribution in [-0.4, -0.2) is 20.9 Å². The monoisotopic (exact) mass is 258 g/mol. The van der Waals surface area contributed by atoms with Gasteiger partial charge in [0.05, 0.1) is 0 Å². The molecule has 0 bridgehead atoms. The molecule has 0 atom stereocenters. The lowest BCUT2D eigenvalue weighted by molar-refractivity contribution is 0.0112. The summed E-state index contributed by atoms with van der Waals surface area (Å²) in [5.41, 5.74) is -0.480. The van der Waals surface area contributed by atoms with Crippen LogP contribution in [0.5, 0.6) is 0 Å². The van der Waals surface area contributed by atoms with Gasteiger partial charge in [-0.25, -0.2) is 4.79 Å². The van der Waals surface area contributed by atoms with Gasteiger partial charge in [0.15, 0.2) is 0 Å². The molecule has 0 spiro atoms. The van der Waals surface area contributed by atoms with Gasteiger partial charge in [0, 0.05) is 19.0 Å². The quantitative estimate of drug-likeness (QED) is 0.903. The van der Waals surface area contributed by atoms with Crippen molar-refractivity contribution in [3.8, 4) is 0 Å².